The van der Waals surface area contributed by atoms with Crippen LogP contribution in [0.4, 0.5) is 10.8 Å². The second-order valence-electron chi connectivity index (χ2n) is 8.52. The van der Waals surface area contributed by atoms with Crippen molar-refractivity contribution in [2.75, 3.05) is 36.2 Å². The van der Waals surface area contributed by atoms with Gasteiger partial charge in [0.2, 0.25) is 5.91 Å². The lowest BCUT2D eigenvalue weighted by atomic mass is 10.00. The second kappa shape index (κ2) is 10.1. The van der Waals surface area contributed by atoms with Crippen LogP contribution >= 0.6 is 23.1 Å². The number of aromatic nitrogens is 3. The third-order valence-electron chi connectivity index (χ3n) is 5.70. The Labute approximate surface area is 201 Å². The highest BCUT2D eigenvalue weighted by Crippen LogP contribution is 2.31. The van der Waals surface area contributed by atoms with E-state index in [1.54, 1.807) is 23.8 Å². The number of anilines is 2. The van der Waals surface area contributed by atoms with Gasteiger partial charge in [-0.25, -0.2) is 4.98 Å². The molecule has 0 radical (unpaired) electrons. The van der Waals surface area contributed by atoms with E-state index >= 15 is 0 Å². The average Bonchev–Trinajstić information content (AvgIpc) is 3.23. The van der Waals surface area contributed by atoms with Crippen molar-refractivity contribution in [3.8, 4) is 5.75 Å². The van der Waals surface area contributed by atoms with Crippen molar-refractivity contribution < 1.29 is 9.53 Å². The van der Waals surface area contributed by atoms with E-state index in [2.05, 4.69) is 17.1 Å². The third kappa shape index (κ3) is 5.16. The minimum Gasteiger partial charge on any atom is -0.495 e. The Hall–Kier alpha value is -2.59. The maximum absolute atomic E-state index is 13.3. The number of ether oxygens (including phenoxy) is 1. The van der Waals surface area contributed by atoms with E-state index < -0.39 is 0 Å². The third-order valence-corrected chi connectivity index (χ3v) is 7.75. The fourth-order valence-corrected chi connectivity index (χ4v) is 5.72. The van der Waals surface area contributed by atoms with Crippen molar-refractivity contribution in [3.05, 3.63) is 34.6 Å². The molecule has 1 amide bonds. The zero-order valence-electron chi connectivity index (χ0n) is 19.3. The van der Waals surface area contributed by atoms with Crippen LogP contribution in [0.1, 0.15) is 39.7 Å². The first-order chi connectivity index (χ1) is 15.9. The first-order valence-corrected chi connectivity index (χ1v) is 12.9. The molecule has 3 aromatic rings. The molecule has 176 valence electrons. The van der Waals surface area contributed by atoms with Crippen molar-refractivity contribution >= 4 is 50.2 Å². The number of piperidine rings is 1. The van der Waals surface area contributed by atoms with Crippen LogP contribution in [-0.4, -0.2) is 46.4 Å². The summed E-state index contributed by atoms with van der Waals surface area (Å²) in [7, 11) is 1.56. The summed E-state index contributed by atoms with van der Waals surface area (Å²) >= 11 is 2.66. The largest absolute Gasteiger partial charge is 0.495 e. The SMILES string of the molecule is COc1ccccc1NC(=O)CSc1nc2nc(N3CCC(C)CC3)sc2c(=O)n1C(C)C. The quantitative estimate of drug-likeness (QED) is 0.390. The van der Waals surface area contributed by atoms with Gasteiger partial charge in [0.05, 0.1) is 18.6 Å². The topological polar surface area (TPSA) is 89.3 Å². The molecule has 1 saturated heterocycles. The molecule has 8 nitrogen and oxygen atoms in total. The number of thiazole rings is 1. The molecule has 0 aliphatic carbocycles. The van der Waals surface area contributed by atoms with Gasteiger partial charge in [0.15, 0.2) is 15.9 Å². The molecule has 10 heteroatoms. The molecule has 1 fully saturated rings. The zero-order valence-corrected chi connectivity index (χ0v) is 21.0. The predicted octanol–water partition coefficient (Wildman–Crippen LogP) is 4.41. The molecule has 1 aliphatic heterocycles. The molecule has 1 aliphatic rings. The monoisotopic (exact) mass is 487 g/mol. The molecule has 3 heterocycles. The number of benzene rings is 1. The maximum atomic E-state index is 13.3. The average molecular weight is 488 g/mol. The maximum Gasteiger partial charge on any atom is 0.274 e. The normalized spacial score (nSPS) is 14.8. The highest BCUT2D eigenvalue weighted by Gasteiger charge is 2.23. The summed E-state index contributed by atoms with van der Waals surface area (Å²) in [6.07, 6.45) is 2.25. The van der Waals surface area contributed by atoms with E-state index in [1.165, 1.54) is 23.1 Å². The van der Waals surface area contributed by atoms with Crippen LogP contribution < -0.4 is 20.5 Å². The highest BCUT2D eigenvalue weighted by molar-refractivity contribution is 7.99. The second-order valence-corrected chi connectivity index (χ2v) is 10.4. The van der Waals surface area contributed by atoms with Gasteiger partial charge in [-0.05, 0) is 44.7 Å². The Morgan fingerprint density at radius 2 is 2.00 bits per heavy atom. The summed E-state index contributed by atoms with van der Waals surface area (Å²) < 4.78 is 7.52. The molecular formula is C23H29N5O3S2. The summed E-state index contributed by atoms with van der Waals surface area (Å²) in [6, 6.07) is 7.16. The Morgan fingerprint density at radius 3 is 2.70 bits per heavy atom. The molecule has 0 unspecified atom stereocenters. The van der Waals surface area contributed by atoms with Crippen molar-refractivity contribution in [1.82, 2.24) is 14.5 Å². The summed E-state index contributed by atoms with van der Waals surface area (Å²) in [6.45, 7) is 8.06. The van der Waals surface area contributed by atoms with E-state index in [0.29, 0.717) is 26.9 Å². The van der Waals surface area contributed by atoms with Crippen molar-refractivity contribution in [2.24, 2.45) is 5.92 Å². The number of thioether (sulfide) groups is 1. The lowest BCUT2D eigenvalue weighted by Crippen LogP contribution is -2.32. The lowest BCUT2D eigenvalue weighted by Gasteiger charge is -2.29. The molecule has 1 N–H and O–H groups in total. The smallest absolute Gasteiger partial charge is 0.274 e. The van der Waals surface area contributed by atoms with E-state index in [-0.39, 0.29) is 23.3 Å². The van der Waals surface area contributed by atoms with Crippen LogP contribution in [0.25, 0.3) is 10.3 Å². The van der Waals surface area contributed by atoms with Gasteiger partial charge in [0, 0.05) is 19.1 Å². The summed E-state index contributed by atoms with van der Waals surface area (Å²) in [5, 5.41) is 4.22. The first kappa shape index (κ1) is 23.6. The Kier molecular flexibility index (Phi) is 7.23. The number of amides is 1. The highest BCUT2D eigenvalue weighted by atomic mass is 32.2. The Balaban J connectivity index is 1.56. The van der Waals surface area contributed by atoms with Gasteiger partial charge in [-0.3, -0.25) is 14.2 Å². The number of para-hydroxylation sites is 2. The van der Waals surface area contributed by atoms with Crippen LogP contribution in [-0.2, 0) is 4.79 Å². The van der Waals surface area contributed by atoms with Gasteiger partial charge >= 0.3 is 0 Å². The summed E-state index contributed by atoms with van der Waals surface area (Å²) in [4.78, 5) is 37.5. The van der Waals surface area contributed by atoms with E-state index in [4.69, 9.17) is 14.7 Å². The fraction of sp³-hybridized carbons (Fsp3) is 0.478. The number of carbonyl (C=O) groups excluding carboxylic acids is 1. The summed E-state index contributed by atoms with van der Waals surface area (Å²) in [5.74, 6) is 1.23. The van der Waals surface area contributed by atoms with Crippen molar-refractivity contribution in [2.45, 2.75) is 44.8 Å². The molecule has 33 heavy (non-hydrogen) atoms. The predicted molar refractivity (Wildman–Crippen MR) is 135 cm³/mol. The van der Waals surface area contributed by atoms with Gasteiger partial charge in [-0.2, -0.15) is 4.98 Å². The molecule has 2 aromatic heterocycles. The standard InChI is InChI=1S/C23H29N5O3S2/c1-14(2)28-21(30)19-20(25-22(33-19)27-11-9-15(3)10-12-27)26-23(28)32-13-18(29)24-16-7-5-6-8-17(16)31-4/h5-8,14-15H,9-13H2,1-4H3,(H,24,29). The number of rotatable bonds is 7. The zero-order chi connectivity index (χ0) is 23.5. The van der Waals surface area contributed by atoms with E-state index in [1.807, 2.05) is 26.0 Å². The van der Waals surface area contributed by atoms with Crippen LogP contribution in [0.15, 0.2) is 34.2 Å². The van der Waals surface area contributed by atoms with Crippen LogP contribution in [0, 0.1) is 5.92 Å². The molecule has 0 saturated carbocycles. The minimum absolute atomic E-state index is 0.0874. The summed E-state index contributed by atoms with van der Waals surface area (Å²) in [5.41, 5.74) is 0.968. The number of hydrogen-bond acceptors (Lipinski definition) is 8. The van der Waals surface area contributed by atoms with Gasteiger partial charge in [0.1, 0.15) is 10.4 Å². The van der Waals surface area contributed by atoms with Crippen LogP contribution in [0.5, 0.6) is 5.75 Å². The number of nitrogens with one attached hydrogen (secondary N) is 1. The van der Waals surface area contributed by atoms with Gasteiger partial charge in [-0.15, -0.1) is 0 Å². The van der Waals surface area contributed by atoms with Crippen molar-refractivity contribution in [1.29, 1.82) is 0 Å². The minimum atomic E-state index is -0.199. The molecular weight excluding hydrogens is 458 g/mol. The van der Waals surface area contributed by atoms with E-state index in [0.717, 1.165) is 37.0 Å². The Bertz CT molecular complexity index is 1200. The molecule has 4 rings (SSSR count). The molecule has 0 bridgehead atoms. The molecule has 0 atom stereocenters. The van der Waals surface area contributed by atoms with Gasteiger partial charge in [-0.1, -0.05) is 42.2 Å². The number of fused-ring (bicyclic) bond motifs is 1. The van der Waals surface area contributed by atoms with Gasteiger partial charge in [0.25, 0.3) is 5.56 Å². The number of hydrogen-bond donors (Lipinski definition) is 1. The molecule has 0 spiro atoms. The van der Waals surface area contributed by atoms with Crippen LogP contribution in [0.3, 0.4) is 0 Å². The number of methoxy groups -OCH3 is 1. The van der Waals surface area contributed by atoms with Crippen molar-refractivity contribution in [3.63, 3.8) is 0 Å². The van der Waals surface area contributed by atoms with E-state index in [9.17, 15) is 9.59 Å². The van der Waals surface area contributed by atoms with Gasteiger partial charge < -0.3 is 15.0 Å². The number of nitrogens with zero attached hydrogens (tertiary/aromatic N) is 4. The number of carbonyl (C=O) groups is 1. The fourth-order valence-electron chi connectivity index (χ4n) is 3.81. The van der Waals surface area contributed by atoms with Crippen LogP contribution in [0.2, 0.25) is 0 Å². The first-order valence-electron chi connectivity index (χ1n) is 11.1. The lowest BCUT2D eigenvalue weighted by molar-refractivity contribution is -0.113. The molecule has 1 aromatic carbocycles. The Morgan fingerprint density at radius 1 is 1.27 bits per heavy atom.